The van der Waals surface area contributed by atoms with E-state index in [2.05, 4.69) is 33.8 Å². The molecule has 2 heterocycles. The normalized spacial score (nSPS) is 13.2. The molecule has 2 N–H and O–H groups in total. The average Bonchev–Trinajstić information content (AvgIpc) is 2.64. The van der Waals surface area contributed by atoms with Crippen molar-refractivity contribution in [2.24, 2.45) is 0 Å². The zero-order valence-electron chi connectivity index (χ0n) is 8.87. The number of nitrogens with one attached hydrogen (secondary N) is 2. The van der Waals surface area contributed by atoms with Crippen LogP contribution in [0.1, 0.15) is 38.3 Å². The fourth-order valence-electron chi connectivity index (χ4n) is 1.82. The Morgan fingerprint density at radius 3 is 3.07 bits per heavy atom. The summed E-state index contributed by atoms with van der Waals surface area (Å²) in [5, 5.41) is 0. The molecule has 0 amide bonds. The molecule has 5 heteroatoms. The van der Waals surface area contributed by atoms with Crippen molar-refractivity contribution in [3.8, 4) is 0 Å². The van der Waals surface area contributed by atoms with Crippen molar-refractivity contribution in [1.29, 1.82) is 0 Å². The minimum Gasteiger partial charge on any atom is -0.342 e. The van der Waals surface area contributed by atoms with Crippen LogP contribution in [-0.4, -0.2) is 19.9 Å². The van der Waals surface area contributed by atoms with Gasteiger partial charge in [0.25, 0.3) is 0 Å². The molecule has 0 saturated carbocycles. The van der Waals surface area contributed by atoms with Gasteiger partial charge >= 0.3 is 0 Å². The van der Waals surface area contributed by atoms with Crippen molar-refractivity contribution in [3.63, 3.8) is 0 Å². The van der Waals surface area contributed by atoms with Crippen LogP contribution in [0.25, 0.3) is 11.2 Å². The number of rotatable bonds is 3. The molecule has 1 unspecified atom stereocenters. The molecule has 0 spiro atoms. The monoisotopic (exact) mass is 222 g/mol. The number of aromatic nitrogens is 4. The predicted molar refractivity (Wildman–Crippen MR) is 62.4 cm³/mol. The van der Waals surface area contributed by atoms with Crippen molar-refractivity contribution >= 4 is 23.4 Å². The number of hydrogen-bond acceptors (Lipinski definition) is 3. The topological polar surface area (TPSA) is 57.4 Å². The lowest BCUT2D eigenvalue weighted by Crippen LogP contribution is -2.00. The lowest BCUT2D eigenvalue weighted by atomic mass is 10.0. The van der Waals surface area contributed by atoms with Crippen LogP contribution in [0.4, 0.5) is 0 Å². The van der Waals surface area contributed by atoms with Crippen LogP contribution in [0.3, 0.4) is 0 Å². The Labute approximate surface area is 93.2 Å². The summed E-state index contributed by atoms with van der Waals surface area (Å²) in [5.74, 6) is 0.447. The minimum atomic E-state index is 0.447. The van der Waals surface area contributed by atoms with E-state index < -0.39 is 0 Å². The molecule has 0 bridgehead atoms. The van der Waals surface area contributed by atoms with Gasteiger partial charge in [-0.05, 0) is 24.6 Å². The Hall–Kier alpha value is -1.23. The predicted octanol–water partition coefficient (Wildman–Crippen LogP) is 2.92. The Morgan fingerprint density at radius 1 is 1.53 bits per heavy atom. The number of imidazole rings is 1. The van der Waals surface area contributed by atoms with E-state index in [1.165, 1.54) is 0 Å². The lowest BCUT2D eigenvalue weighted by molar-refractivity contribution is 0.649. The van der Waals surface area contributed by atoms with Crippen LogP contribution in [-0.2, 0) is 0 Å². The summed E-state index contributed by atoms with van der Waals surface area (Å²) >= 11 is 5.08. The first-order chi connectivity index (χ1) is 7.22. The Kier molecular flexibility index (Phi) is 2.81. The van der Waals surface area contributed by atoms with E-state index in [0.29, 0.717) is 16.3 Å². The van der Waals surface area contributed by atoms with E-state index in [0.717, 1.165) is 24.1 Å². The maximum atomic E-state index is 5.08. The van der Waals surface area contributed by atoms with Gasteiger partial charge in [0, 0.05) is 5.69 Å². The van der Waals surface area contributed by atoms with Crippen LogP contribution in [0.5, 0.6) is 0 Å². The molecule has 80 valence electrons. The van der Waals surface area contributed by atoms with Crippen LogP contribution < -0.4 is 0 Å². The first-order valence-electron chi connectivity index (χ1n) is 5.15. The second kappa shape index (κ2) is 4.10. The van der Waals surface area contributed by atoms with Crippen LogP contribution in [0.2, 0.25) is 0 Å². The van der Waals surface area contributed by atoms with Gasteiger partial charge in [-0.1, -0.05) is 20.3 Å². The molecule has 0 aliphatic rings. The van der Waals surface area contributed by atoms with Crippen molar-refractivity contribution in [2.45, 2.75) is 32.6 Å². The molecule has 0 saturated heterocycles. The summed E-state index contributed by atoms with van der Waals surface area (Å²) in [5.41, 5.74) is 2.80. The highest BCUT2D eigenvalue weighted by atomic mass is 32.1. The van der Waals surface area contributed by atoms with E-state index in [1.807, 2.05) is 0 Å². The first kappa shape index (κ1) is 10.3. The molecule has 4 nitrogen and oxygen atoms in total. The highest BCUT2D eigenvalue weighted by Gasteiger charge is 2.11. The summed E-state index contributed by atoms with van der Waals surface area (Å²) in [6, 6.07) is 0. The summed E-state index contributed by atoms with van der Waals surface area (Å²) in [7, 11) is 0. The third-order valence-corrected chi connectivity index (χ3v) is 2.75. The van der Waals surface area contributed by atoms with Crippen molar-refractivity contribution in [3.05, 3.63) is 16.8 Å². The summed E-state index contributed by atoms with van der Waals surface area (Å²) in [6.07, 6.45) is 3.94. The number of hydrogen-bond donors (Lipinski definition) is 2. The Bertz CT molecular complexity index is 513. The van der Waals surface area contributed by atoms with Gasteiger partial charge in [0.1, 0.15) is 5.52 Å². The molecule has 0 aliphatic carbocycles. The molecular weight excluding hydrogens is 208 g/mol. The fourth-order valence-corrected chi connectivity index (χ4v) is 2.02. The molecule has 15 heavy (non-hydrogen) atoms. The molecule has 0 fully saturated rings. The maximum Gasteiger partial charge on any atom is 0.199 e. The quantitative estimate of drug-likeness (QED) is 0.785. The smallest absolute Gasteiger partial charge is 0.199 e. The number of H-pyrrole nitrogens is 2. The van der Waals surface area contributed by atoms with Crippen molar-refractivity contribution < 1.29 is 0 Å². The highest BCUT2D eigenvalue weighted by Crippen LogP contribution is 2.23. The van der Waals surface area contributed by atoms with Gasteiger partial charge in [0.05, 0.1) is 6.33 Å². The average molecular weight is 222 g/mol. The first-order valence-corrected chi connectivity index (χ1v) is 5.56. The maximum absolute atomic E-state index is 5.08. The zero-order chi connectivity index (χ0) is 10.8. The van der Waals surface area contributed by atoms with Crippen molar-refractivity contribution in [2.75, 3.05) is 0 Å². The van der Waals surface area contributed by atoms with Gasteiger partial charge in [-0.2, -0.15) is 4.98 Å². The largest absolute Gasteiger partial charge is 0.342 e. The number of fused-ring (bicyclic) bond motifs is 1. The summed E-state index contributed by atoms with van der Waals surface area (Å²) in [4.78, 5) is 14.5. The Balaban J connectivity index is 2.57. The van der Waals surface area contributed by atoms with Gasteiger partial charge in [-0.25, -0.2) is 4.98 Å². The lowest BCUT2D eigenvalue weighted by Gasteiger charge is -2.10. The van der Waals surface area contributed by atoms with Gasteiger partial charge in [0.2, 0.25) is 0 Å². The van der Waals surface area contributed by atoms with E-state index in [4.69, 9.17) is 12.2 Å². The van der Waals surface area contributed by atoms with Crippen LogP contribution >= 0.6 is 12.2 Å². The summed E-state index contributed by atoms with van der Waals surface area (Å²) < 4.78 is 0.507. The van der Waals surface area contributed by atoms with E-state index >= 15 is 0 Å². The summed E-state index contributed by atoms with van der Waals surface area (Å²) in [6.45, 7) is 4.36. The van der Waals surface area contributed by atoms with E-state index in [1.54, 1.807) is 6.33 Å². The number of aromatic amines is 2. The second-order valence-corrected chi connectivity index (χ2v) is 4.13. The molecule has 2 aromatic rings. The standard InChI is InChI=1S/C10H14N4S/c1-3-4-6(2)7-8-9(12-5-11-8)14-10(15)13-7/h5-6H,3-4H2,1-2H3,(H2,11,12,13,14,15). The van der Waals surface area contributed by atoms with Crippen molar-refractivity contribution in [1.82, 2.24) is 19.9 Å². The molecule has 2 aromatic heterocycles. The SMILES string of the molecule is CCCC(C)c1[nH]c(=S)nc2nc[nH]c12. The molecule has 2 rings (SSSR count). The van der Waals surface area contributed by atoms with Crippen LogP contribution in [0, 0.1) is 4.77 Å². The third kappa shape index (κ3) is 1.92. The van der Waals surface area contributed by atoms with Gasteiger partial charge in [0.15, 0.2) is 10.4 Å². The number of nitrogens with zero attached hydrogens (tertiary/aromatic N) is 2. The molecule has 0 radical (unpaired) electrons. The fraction of sp³-hybridized carbons (Fsp3) is 0.500. The molecule has 0 aromatic carbocycles. The highest BCUT2D eigenvalue weighted by molar-refractivity contribution is 7.71. The molecular formula is C10H14N4S. The van der Waals surface area contributed by atoms with Gasteiger partial charge in [-0.15, -0.1) is 0 Å². The molecule has 1 atom stereocenters. The van der Waals surface area contributed by atoms with Gasteiger partial charge in [-0.3, -0.25) is 0 Å². The Morgan fingerprint density at radius 2 is 2.33 bits per heavy atom. The van der Waals surface area contributed by atoms with Gasteiger partial charge < -0.3 is 9.97 Å². The minimum absolute atomic E-state index is 0.447. The third-order valence-electron chi connectivity index (χ3n) is 2.55. The molecule has 0 aliphatic heterocycles. The van der Waals surface area contributed by atoms with Crippen LogP contribution in [0.15, 0.2) is 6.33 Å². The zero-order valence-corrected chi connectivity index (χ0v) is 9.69. The van der Waals surface area contributed by atoms with E-state index in [-0.39, 0.29) is 0 Å². The van der Waals surface area contributed by atoms with E-state index in [9.17, 15) is 0 Å². The second-order valence-electron chi connectivity index (χ2n) is 3.75.